The number of hydrazine groups is 2. The third-order valence-electron chi connectivity index (χ3n) is 3.34. The molecule has 6 heteroatoms. The van der Waals surface area contributed by atoms with Gasteiger partial charge in [0.2, 0.25) is 0 Å². The maximum Gasteiger partial charge on any atom is 0.344 e. The highest BCUT2D eigenvalue weighted by Crippen LogP contribution is 2.16. The molecule has 0 radical (unpaired) electrons. The predicted molar refractivity (Wildman–Crippen MR) is 104 cm³/mol. The van der Waals surface area contributed by atoms with Crippen LogP contribution in [0.3, 0.4) is 0 Å². The van der Waals surface area contributed by atoms with Gasteiger partial charge in [0, 0.05) is 14.1 Å². The van der Waals surface area contributed by atoms with Crippen molar-refractivity contribution in [1.29, 1.82) is 0 Å². The molecule has 0 heterocycles. The Morgan fingerprint density at radius 3 is 2.12 bits per heavy atom. The van der Waals surface area contributed by atoms with Gasteiger partial charge in [0.25, 0.3) is 0 Å². The molecule has 0 amide bonds. The average Bonchev–Trinajstić information content (AvgIpc) is 2.65. The molecule has 0 aromatic heterocycles. The van der Waals surface area contributed by atoms with E-state index < -0.39 is 0 Å². The molecule has 0 unspecified atom stereocenters. The molecule has 2 rings (SSSR count). The lowest BCUT2D eigenvalue weighted by Crippen LogP contribution is -2.35. The third-order valence-corrected chi connectivity index (χ3v) is 3.34. The number of ether oxygens (including phenoxy) is 2. The minimum absolute atomic E-state index is 0.0773. The van der Waals surface area contributed by atoms with Gasteiger partial charge in [-0.1, -0.05) is 36.4 Å². The fourth-order valence-corrected chi connectivity index (χ4v) is 2.07. The van der Waals surface area contributed by atoms with Crippen molar-refractivity contribution in [3.63, 3.8) is 0 Å². The first-order valence-electron chi connectivity index (χ1n) is 8.42. The summed E-state index contributed by atoms with van der Waals surface area (Å²) in [6.07, 6.45) is 4.06. The number of carbonyl (C=O) groups excluding carboxylic acids is 1. The van der Waals surface area contributed by atoms with Crippen LogP contribution in [0.4, 0.5) is 5.69 Å². The Balaban J connectivity index is 1.86. The van der Waals surface area contributed by atoms with Gasteiger partial charge in [0.15, 0.2) is 6.61 Å². The summed E-state index contributed by atoms with van der Waals surface area (Å²) in [5.74, 6) is 0.272. The molecule has 0 saturated carbocycles. The number of nitrogens with zero attached hydrogens (tertiary/aromatic N) is 1. The normalized spacial score (nSPS) is 10.9. The second-order valence-corrected chi connectivity index (χ2v) is 5.75. The Morgan fingerprint density at radius 2 is 1.58 bits per heavy atom. The van der Waals surface area contributed by atoms with Crippen LogP contribution in [0.1, 0.15) is 18.1 Å². The first-order valence-corrected chi connectivity index (χ1v) is 8.42. The van der Waals surface area contributed by atoms with E-state index in [1.165, 1.54) is 0 Å². The maximum absolute atomic E-state index is 11.3. The quantitative estimate of drug-likeness (QED) is 0.409. The van der Waals surface area contributed by atoms with Crippen LogP contribution < -0.4 is 15.7 Å². The molecule has 0 fully saturated rings. The number of esters is 1. The molecule has 0 aliphatic heterocycles. The predicted octanol–water partition coefficient (Wildman–Crippen LogP) is 3.19. The van der Waals surface area contributed by atoms with Crippen LogP contribution in [0.2, 0.25) is 0 Å². The first-order chi connectivity index (χ1) is 12.6. The largest absolute Gasteiger partial charge is 0.482 e. The molecule has 0 aliphatic rings. The molecular formula is C20H25N3O3. The molecule has 0 atom stereocenters. The molecule has 2 N–H and O–H groups in total. The summed E-state index contributed by atoms with van der Waals surface area (Å²) in [6.45, 7) is 2.05. The Bertz CT molecular complexity index is 710. The van der Waals surface area contributed by atoms with Crippen LogP contribution >= 0.6 is 0 Å². The van der Waals surface area contributed by atoms with E-state index in [1.54, 1.807) is 6.92 Å². The van der Waals surface area contributed by atoms with E-state index in [0.717, 1.165) is 16.8 Å². The van der Waals surface area contributed by atoms with Gasteiger partial charge in [-0.15, -0.1) is 0 Å². The lowest BCUT2D eigenvalue weighted by molar-refractivity contribution is -0.145. The number of nitrogens with one attached hydrogen (secondary N) is 2. The highest BCUT2D eigenvalue weighted by Gasteiger charge is 2.02. The smallest absolute Gasteiger partial charge is 0.344 e. The van der Waals surface area contributed by atoms with Crippen LogP contribution in [0.15, 0.2) is 48.5 Å². The molecular weight excluding hydrogens is 330 g/mol. The zero-order chi connectivity index (χ0) is 18.8. The standard InChI is InChI=1S/C20H25N3O3/c1-4-25-20(24)15-26-19-13-9-17(10-14-19)6-5-16-7-11-18(12-8-16)21-22-23(2)3/h5-14,21-22H,4,15H2,1-3H3/b6-5+. The van der Waals surface area contributed by atoms with Crippen LogP contribution in [0, 0.1) is 0 Å². The SMILES string of the molecule is CCOC(=O)COc1ccc(/C=C/c2ccc(NNN(C)C)cc2)cc1. The van der Waals surface area contributed by atoms with E-state index in [9.17, 15) is 4.79 Å². The molecule has 6 nitrogen and oxygen atoms in total. The minimum Gasteiger partial charge on any atom is -0.482 e. The van der Waals surface area contributed by atoms with Gasteiger partial charge in [-0.05, 0) is 42.3 Å². The molecule has 0 spiro atoms. The number of hydrogen-bond acceptors (Lipinski definition) is 6. The summed E-state index contributed by atoms with van der Waals surface area (Å²) in [5, 5.41) is 1.83. The molecule has 0 bridgehead atoms. The van der Waals surface area contributed by atoms with Gasteiger partial charge in [0.1, 0.15) is 5.75 Å². The van der Waals surface area contributed by atoms with E-state index in [1.807, 2.05) is 79.8 Å². The monoisotopic (exact) mass is 355 g/mol. The number of anilines is 1. The molecule has 138 valence electrons. The van der Waals surface area contributed by atoms with Crippen molar-refractivity contribution >= 4 is 23.8 Å². The van der Waals surface area contributed by atoms with E-state index in [4.69, 9.17) is 9.47 Å². The van der Waals surface area contributed by atoms with Crippen molar-refractivity contribution in [3.05, 3.63) is 59.7 Å². The van der Waals surface area contributed by atoms with Gasteiger partial charge in [-0.3, -0.25) is 0 Å². The van der Waals surface area contributed by atoms with Gasteiger partial charge >= 0.3 is 5.97 Å². The lowest BCUT2D eigenvalue weighted by atomic mass is 10.1. The van der Waals surface area contributed by atoms with Gasteiger partial charge in [-0.2, -0.15) is 5.53 Å². The summed E-state index contributed by atoms with van der Waals surface area (Å²) < 4.78 is 10.2. The number of rotatable bonds is 9. The Morgan fingerprint density at radius 1 is 1.00 bits per heavy atom. The zero-order valence-corrected chi connectivity index (χ0v) is 15.4. The Labute approximate surface area is 154 Å². The fourth-order valence-electron chi connectivity index (χ4n) is 2.07. The van der Waals surface area contributed by atoms with Crippen molar-refractivity contribution in [2.45, 2.75) is 6.92 Å². The van der Waals surface area contributed by atoms with Crippen molar-refractivity contribution in [2.24, 2.45) is 0 Å². The van der Waals surface area contributed by atoms with Crippen LogP contribution in [-0.2, 0) is 9.53 Å². The van der Waals surface area contributed by atoms with Crippen molar-refractivity contribution in [3.8, 4) is 5.75 Å². The summed E-state index contributed by atoms with van der Waals surface area (Å²) >= 11 is 0. The molecule has 0 aliphatic carbocycles. The highest BCUT2D eigenvalue weighted by molar-refractivity contribution is 5.72. The maximum atomic E-state index is 11.3. The molecule has 26 heavy (non-hydrogen) atoms. The highest BCUT2D eigenvalue weighted by atomic mass is 16.6. The second-order valence-electron chi connectivity index (χ2n) is 5.75. The van der Waals surface area contributed by atoms with Gasteiger partial charge in [-0.25, -0.2) is 9.80 Å². The van der Waals surface area contributed by atoms with E-state index >= 15 is 0 Å². The topological polar surface area (TPSA) is 62.8 Å². The van der Waals surface area contributed by atoms with E-state index in [0.29, 0.717) is 12.4 Å². The second kappa shape index (κ2) is 10.2. The molecule has 2 aromatic rings. The lowest BCUT2D eigenvalue weighted by Gasteiger charge is -2.13. The average molecular weight is 355 g/mol. The van der Waals surface area contributed by atoms with E-state index in [-0.39, 0.29) is 12.6 Å². The molecule has 2 aromatic carbocycles. The third kappa shape index (κ3) is 6.96. The number of benzene rings is 2. The zero-order valence-electron chi connectivity index (χ0n) is 15.4. The first kappa shape index (κ1) is 19.5. The van der Waals surface area contributed by atoms with E-state index in [2.05, 4.69) is 11.0 Å². The van der Waals surface area contributed by atoms with Crippen LogP contribution in [0.5, 0.6) is 5.75 Å². The fraction of sp³-hybridized carbons (Fsp3) is 0.250. The number of hydrogen-bond donors (Lipinski definition) is 2. The minimum atomic E-state index is -0.366. The van der Waals surface area contributed by atoms with Crippen molar-refractivity contribution in [2.75, 3.05) is 32.7 Å². The summed E-state index contributed by atoms with van der Waals surface area (Å²) in [7, 11) is 3.83. The van der Waals surface area contributed by atoms with Crippen molar-refractivity contribution in [1.82, 2.24) is 10.5 Å². The van der Waals surface area contributed by atoms with Gasteiger partial charge < -0.3 is 14.9 Å². The number of carbonyl (C=O) groups is 1. The van der Waals surface area contributed by atoms with Gasteiger partial charge in [0.05, 0.1) is 12.3 Å². The Kier molecular flexibility index (Phi) is 7.67. The summed E-state index contributed by atoms with van der Waals surface area (Å²) in [5.41, 5.74) is 9.21. The summed E-state index contributed by atoms with van der Waals surface area (Å²) in [4.78, 5) is 11.3. The van der Waals surface area contributed by atoms with Crippen LogP contribution in [-0.4, -0.2) is 38.3 Å². The molecule has 0 saturated heterocycles. The van der Waals surface area contributed by atoms with Crippen LogP contribution in [0.25, 0.3) is 12.2 Å². The van der Waals surface area contributed by atoms with Crippen molar-refractivity contribution < 1.29 is 14.3 Å². The summed E-state index contributed by atoms with van der Waals surface area (Å²) in [6, 6.07) is 15.6. The Hall–Kier alpha value is -2.83.